The van der Waals surface area contributed by atoms with Gasteiger partial charge in [-0.2, -0.15) is 0 Å². The van der Waals surface area contributed by atoms with Crippen molar-refractivity contribution in [3.8, 4) is 55.6 Å². The highest BCUT2D eigenvalue weighted by molar-refractivity contribution is 5.88. The summed E-state index contributed by atoms with van der Waals surface area (Å²) in [4.78, 5) is 14.0. The molecule has 0 aliphatic heterocycles. The highest BCUT2D eigenvalue weighted by Gasteiger charge is 2.23. The van der Waals surface area contributed by atoms with E-state index in [1.54, 1.807) is 0 Å². The van der Waals surface area contributed by atoms with E-state index in [1.165, 1.54) is 61.2 Å². The van der Waals surface area contributed by atoms with Gasteiger partial charge in [-0.15, -0.1) is 0 Å². The van der Waals surface area contributed by atoms with Gasteiger partial charge in [-0.05, 0) is 311 Å². The van der Waals surface area contributed by atoms with Crippen molar-refractivity contribution in [3.63, 3.8) is 0 Å². The molecule has 0 N–H and O–H groups in total. The van der Waals surface area contributed by atoms with Crippen molar-refractivity contribution < 1.29 is 0 Å². The van der Waals surface area contributed by atoms with E-state index in [9.17, 15) is 0 Å². The third kappa shape index (κ3) is 18.0. The summed E-state index contributed by atoms with van der Waals surface area (Å²) in [5, 5.41) is 0. The van der Waals surface area contributed by atoms with Crippen LogP contribution in [-0.4, -0.2) is 0 Å². The summed E-state index contributed by atoms with van der Waals surface area (Å²) in [6, 6.07) is 180. The van der Waals surface area contributed by atoms with E-state index in [-0.39, 0.29) is 0 Å². The number of nitrogens with zero attached hydrogens (tertiary/aromatic N) is 6. The fourth-order valence-corrected chi connectivity index (χ4v) is 16.3. The second-order valence-corrected chi connectivity index (χ2v) is 30.8. The maximum absolute atomic E-state index is 2.34. The highest BCUT2D eigenvalue weighted by atomic mass is 15.2. The molecule has 6 nitrogen and oxygen atoms in total. The molecule has 0 bridgehead atoms. The summed E-state index contributed by atoms with van der Waals surface area (Å²) in [6.07, 6.45) is 0. The van der Waals surface area contributed by atoms with E-state index in [0.717, 1.165) is 113 Å². The quantitative estimate of drug-likeness (QED) is 0.0631. The lowest BCUT2D eigenvalue weighted by molar-refractivity contribution is 1.23. The molecule has 123 heavy (non-hydrogen) atoms. The maximum Gasteiger partial charge on any atom is 0.0464 e. The van der Waals surface area contributed by atoms with E-state index < -0.39 is 0 Å². The first-order valence-electron chi connectivity index (χ1n) is 42.0. The molecule has 19 rings (SSSR count). The molecule has 0 aromatic heterocycles. The lowest BCUT2D eigenvalue weighted by atomic mass is 10.0. The molecular weight excluding hydrogens is 1490 g/mol. The van der Waals surface area contributed by atoms with Crippen molar-refractivity contribution >= 4 is 102 Å². The molecule has 19 aromatic rings. The van der Waals surface area contributed by atoms with Gasteiger partial charge in [0, 0.05) is 102 Å². The maximum atomic E-state index is 2.34. The highest BCUT2D eigenvalue weighted by Crippen LogP contribution is 2.46. The van der Waals surface area contributed by atoms with Crippen LogP contribution in [0.1, 0.15) is 16.7 Å². The van der Waals surface area contributed by atoms with Crippen LogP contribution in [0, 0.1) is 20.8 Å². The zero-order valence-electron chi connectivity index (χ0n) is 69.1. The molecule has 6 heteroatoms. The largest absolute Gasteiger partial charge is 0.311 e. The third-order valence-corrected chi connectivity index (χ3v) is 22.4. The summed E-state index contributed by atoms with van der Waals surface area (Å²) in [7, 11) is 0. The average Bonchev–Trinajstić information content (AvgIpc) is 0.805. The second-order valence-electron chi connectivity index (χ2n) is 30.8. The monoisotopic (exact) mass is 1580 g/mol. The normalized spacial score (nSPS) is 10.9. The molecule has 0 aliphatic carbocycles. The lowest BCUT2D eigenvalue weighted by Crippen LogP contribution is -2.14. The van der Waals surface area contributed by atoms with Crippen LogP contribution in [0.4, 0.5) is 102 Å². The molecular formula is C117H92N6. The first-order valence-corrected chi connectivity index (χ1v) is 42.0. The van der Waals surface area contributed by atoms with Gasteiger partial charge in [-0.25, -0.2) is 0 Å². The van der Waals surface area contributed by atoms with E-state index in [4.69, 9.17) is 0 Å². The Labute approximate surface area is 723 Å². The number of hydrogen-bond donors (Lipinski definition) is 0. The van der Waals surface area contributed by atoms with Gasteiger partial charge < -0.3 is 29.4 Å². The fourth-order valence-electron chi connectivity index (χ4n) is 16.3. The molecule has 0 fully saturated rings. The van der Waals surface area contributed by atoms with Gasteiger partial charge in [0.2, 0.25) is 0 Å². The number of anilines is 18. The van der Waals surface area contributed by atoms with E-state index in [2.05, 4.69) is 554 Å². The standard InChI is InChI=1S/C60H44N2.C57H48N4/c1-5-13-45(14-6-1)49-21-33-55(34-22-49)61(56-35-23-50(24-36-56)46-15-7-2-8-16-46)59-41-29-53(30-42-59)54-31-43-60(44-32-54)62(57-37-25-51(26-38-57)47-17-9-3-10-18-47)58-39-27-52(28-40-58)48-19-11-4-12-20-48;1-43-16-13-25-55(40-43)59(46-19-7-4-8-20-46)52-34-28-49(29-35-52)58(50-30-36-53(37-31-50)60(47-21-9-5-10-22-47)56-26-14-17-44(2)41-56)51-32-38-54(39-33-51)61(48-23-11-6-12-24-48)57-27-15-18-45(3)42-57/h1-44H;4-42H,1-3H3. The van der Waals surface area contributed by atoms with Gasteiger partial charge in [0.05, 0.1) is 0 Å². The molecule has 0 atom stereocenters. The predicted molar refractivity (Wildman–Crippen MR) is 522 cm³/mol. The second kappa shape index (κ2) is 36.9. The van der Waals surface area contributed by atoms with Crippen molar-refractivity contribution in [1.29, 1.82) is 0 Å². The van der Waals surface area contributed by atoms with Crippen LogP contribution in [-0.2, 0) is 0 Å². The number of aryl methyl sites for hydroxylation is 3. The van der Waals surface area contributed by atoms with Crippen molar-refractivity contribution in [2.24, 2.45) is 0 Å². The Hall–Kier alpha value is -16.0. The van der Waals surface area contributed by atoms with Gasteiger partial charge in [-0.1, -0.05) is 285 Å². The minimum Gasteiger partial charge on any atom is -0.311 e. The first-order chi connectivity index (χ1) is 60.7. The molecule has 0 aliphatic rings. The summed E-state index contributed by atoms with van der Waals surface area (Å²) in [6.45, 7) is 6.43. The topological polar surface area (TPSA) is 19.4 Å². The zero-order valence-corrected chi connectivity index (χ0v) is 69.1. The summed E-state index contributed by atoms with van der Waals surface area (Å²) in [5.41, 5.74) is 35.3. The van der Waals surface area contributed by atoms with Crippen molar-refractivity contribution in [2.75, 3.05) is 29.4 Å². The molecule has 0 heterocycles. The van der Waals surface area contributed by atoms with E-state index >= 15 is 0 Å². The molecule has 0 amide bonds. The molecule has 0 radical (unpaired) electrons. The van der Waals surface area contributed by atoms with Gasteiger partial charge in [0.1, 0.15) is 0 Å². The Kier molecular flexibility index (Phi) is 23.4. The molecule has 0 unspecified atom stereocenters. The SMILES string of the molecule is Cc1cccc(N(c2ccccc2)c2ccc(N(c3ccc(N(c4ccccc4)c4cccc(C)c4)cc3)c3ccc(N(c4ccccc4)c4cccc(C)c4)cc3)cc2)c1.c1ccc(-c2ccc(N(c3ccc(-c4ccccc4)cc3)c3ccc(-c4ccc(N(c5ccc(-c6ccccc6)cc5)c5ccc(-c6ccccc6)cc5)cc4)cc3)cc2)cc1. The first kappa shape index (κ1) is 78.2. The van der Waals surface area contributed by atoms with Crippen LogP contribution in [0.2, 0.25) is 0 Å². The van der Waals surface area contributed by atoms with Crippen LogP contribution in [0.3, 0.4) is 0 Å². The molecule has 590 valence electrons. The van der Waals surface area contributed by atoms with Gasteiger partial charge >= 0.3 is 0 Å². The zero-order chi connectivity index (χ0) is 83.1. The van der Waals surface area contributed by atoms with Crippen molar-refractivity contribution in [2.45, 2.75) is 20.8 Å². The molecule has 0 spiro atoms. The Morgan fingerprint density at radius 1 is 0.0976 bits per heavy atom. The number of para-hydroxylation sites is 3. The van der Waals surface area contributed by atoms with Gasteiger partial charge in [-0.3, -0.25) is 0 Å². The molecule has 0 saturated heterocycles. The van der Waals surface area contributed by atoms with Crippen LogP contribution < -0.4 is 29.4 Å². The van der Waals surface area contributed by atoms with Crippen LogP contribution in [0.15, 0.2) is 504 Å². The van der Waals surface area contributed by atoms with Crippen molar-refractivity contribution in [3.05, 3.63) is 520 Å². The number of rotatable bonds is 23. The average molecular weight is 1580 g/mol. The minimum atomic E-state index is 1.05. The number of hydrogen-bond acceptors (Lipinski definition) is 6. The minimum absolute atomic E-state index is 1.05. The molecule has 19 aromatic carbocycles. The third-order valence-electron chi connectivity index (χ3n) is 22.4. The lowest BCUT2D eigenvalue weighted by Gasteiger charge is -2.30. The van der Waals surface area contributed by atoms with Crippen LogP contribution in [0.5, 0.6) is 0 Å². The fraction of sp³-hybridized carbons (Fsp3) is 0.0256. The van der Waals surface area contributed by atoms with E-state index in [1.807, 2.05) is 0 Å². The molecule has 0 saturated carbocycles. The van der Waals surface area contributed by atoms with Crippen LogP contribution in [0.25, 0.3) is 55.6 Å². The Morgan fingerprint density at radius 2 is 0.211 bits per heavy atom. The van der Waals surface area contributed by atoms with Gasteiger partial charge in [0.25, 0.3) is 0 Å². The smallest absolute Gasteiger partial charge is 0.0464 e. The van der Waals surface area contributed by atoms with Gasteiger partial charge in [0.15, 0.2) is 0 Å². The predicted octanol–water partition coefficient (Wildman–Crippen LogP) is 33.5. The number of benzene rings is 19. The Bertz CT molecular complexity index is 5920. The summed E-state index contributed by atoms with van der Waals surface area (Å²) in [5.74, 6) is 0. The van der Waals surface area contributed by atoms with Crippen LogP contribution >= 0.6 is 0 Å². The Balaban J connectivity index is 0.000000168. The Morgan fingerprint density at radius 3 is 0.366 bits per heavy atom. The van der Waals surface area contributed by atoms with Crippen molar-refractivity contribution in [1.82, 2.24) is 0 Å². The summed E-state index contributed by atoms with van der Waals surface area (Å²) < 4.78 is 0. The van der Waals surface area contributed by atoms with E-state index in [0.29, 0.717) is 0 Å². The summed E-state index contributed by atoms with van der Waals surface area (Å²) >= 11 is 0.